The highest BCUT2D eigenvalue weighted by Crippen LogP contribution is 2.29. The standard InChI is InChI=1S/C13H13F2NO4S2/c1-19-11-7-9(4-5-10(11)20-13(14)15)8-16-22(17,18)12-3-2-6-21-12/h2-7,13,16H,8H2,1H3. The molecule has 1 aromatic carbocycles. The molecule has 5 nitrogen and oxygen atoms in total. The van der Waals surface area contributed by atoms with Crippen LogP contribution in [0, 0.1) is 0 Å². The molecule has 22 heavy (non-hydrogen) atoms. The zero-order chi connectivity index (χ0) is 16.2. The highest BCUT2D eigenvalue weighted by molar-refractivity contribution is 7.91. The number of methoxy groups -OCH3 is 1. The molecule has 0 unspecified atom stereocenters. The Hall–Kier alpha value is -1.71. The van der Waals surface area contributed by atoms with E-state index in [1.54, 1.807) is 11.4 Å². The Kier molecular flexibility index (Phi) is 5.33. The smallest absolute Gasteiger partial charge is 0.387 e. The first-order valence-electron chi connectivity index (χ1n) is 6.07. The summed E-state index contributed by atoms with van der Waals surface area (Å²) in [4.78, 5) is 0. The van der Waals surface area contributed by atoms with Gasteiger partial charge in [-0.05, 0) is 29.1 Å². The van der Waals surface area contributed by atoms with Crippen molar-refractivity contribution in [1.82, 2.24) is 4.72 Å². The number of sulfonamides is 1. The van der Waals surface area contributed by atoms with Crippen molar-refractivity contribution in [3.8, 4) is 11.5 Å². The number of alkyl halides is 2. The van der Waals surface area contributed by atoms with Crippen molar-refractivity contribution in [2.75, 3.05) is 7.11 Å². The Morgan fingerprint density at radius 1 is 1.27 bits per heavy atom. The fourth-order valence-electron chi connectivity index (χ4n) is 1.68. The van der Waals surface area contributed by atoms with Gasteiger partial charge in [0.1, 0.15) is 4.21 Å². The largest absolute Gasteiger partial charge is 0.493 e. The summed E-state index contributed by atoms with van der Waals surface area (Å²) < 4.78 is 60.3. The second kappa shape index (κ2) is 7.03. The molecular weight excluding hydrogens is 336 g/mol. The van der Waals surface area contributed by atoms with Gasteiger partial charge in [-0.3, -0.25) is 0 Å². The van der Waals surface area contributed by atoms with Crippen LogP contribution in [0.15, 0.2) is 39.9 Å². The number of nitrogens with one attached hydrogen (secondary N) is 1. The summed E-state index contributed by atoms with van der Waals surface area (Å²) in [5.74, 6) is -0.00418. The fourth-order valence-corrected chi connectivity index (χ4v) is 3.74. The third kappa shape index (κ3) is 4.15. The Morgan fingerprint density at radius 3 is 2.64 bits per heavy atom. The number of hydrogen-bond donors (Lipinski definition) is 1. The summed E-state index contributed by atoms with van der Waals surface area (Å²) in [6.07, 6.45) is 0. The monoisotopic (exact) mass is 349 g/mol. The van der Waals surface area contributed by atoms with Crippen LogP contribution in [0.5, 0.6) is 11.5 Å². The predicted octanol–water partition coefficient (Wildman–Crippen LogP) is 2.84. The van der Waals surface area contributed by atoms with Crippen molar-refractivity contribution < 1.29 is 26.7 Å². The lowest BCUT2D eigenvalue weighted by Gasteiger charge is -2.11. The second-order valence-corrected chi connectivity index (χ2v) is 7.06. The quantitative estimate of drug-likeness (QED) is 0.835. The van der Waals surface area contributed by atoms with Crippen molar-refractivity contribution >= 4 is 21.4 Å². The van der Waals surface area contributed by atoms with Crippen LogP contribution >= 0.6 is 11.3 Å². The van der Waals surface area contributed by atoms with Crippen molar-refractivity contribution in [2.45, 2.75) is 17.4 Å². The number of benzene rings is 1. The zero-order valence-corrected chi connectivity index (χ0v) is 13.1. The molecule has 0 spiro atoms. The van der Waals surface area contributed by atoms with Gasteiger partial charge < -0.3 is 9.47 Å². The van der Waals surface area contributed by atoms with E-state index in [0.29, 0.717) is 5.56 Å². The molecule has 0 fully saturated rings. The van der Waals surface area contributed by atoms with E-state index in [0.717, 1.165) is 11.3 Å². The SMILES string of the molecule is COc1cc(CNS(=O)(=O)c2cccs2)ccc1OC(F)F. The Morgan fingerprint density at radius 2 is 2.05 bits per heavy atom. The molecule has 0 amide bonds. The van der Waals surface area contributed by atoms with E-state index < -0.39 is 16.6 Å². The molecule has 120 valence electrons. The van der Waals surface area contributed by atoms with Gasteiger partial charge in [0.25, 0.3) is 0 Å². The van der Waals surface area contributed by atoms with Crippen LogP contribution in [0.3, 0.4) is 0 Å². The summed E-state index contributed by atoms with van der Waals surface area (Å²) in [5.41, 5.74) is 0.554. The number of ether oxygens (including phenoxy) is 2. The molecule has 0 saturated heterocycles. The zero-order valence-electron chi connectivity index (χ0n) is 11.5. The van der Waals surface area contributed by atoms with Crippen LogP contribution in [-0.4, -0.2) is 22.1 Å². The first-order chi connectivity index (χ1) is 10.4. The van der Waals surface area contributed by atoms with Crippen LogP contribution in [0.2, 0.25) is 0 Å². The first kappa shape index (κ1) is 16.7. The molecule has 1 N–H and O–H groups in total. The summed E-state index contributed by atoms with van der Waals surface area (Å²) in [6.45, 7) is -2.96. The maximum Gasteiger partial charge on any atom is 0.387 e. The van der Waals surface area contributed by atoms with Gasteiger partial charge in [-0.25, -0.2) is 13.1 Å². The van der Waals surface area contributed by atoms with Crippen molar-refractivity contribution in [1.29, 1.82) is 0 Å². The summed E-state index contributed by atoms with van der Waals surface area (Å²) in [6, 6.07) is 7.36. The third-order valence-electron chi connectivity index (χ3n) is 2.67. The maximum atomic E-state index is 12.2. The Labute approximate surface area is 130 Å². The van der Waals surface area contributed by atoms with Gasteiger partial charge in [0.2, 0.25) is 10.0 Å². The number of halogens is 2. The van der Waals surface area contributed by atoms with Crippen molar-refractivity contribution in [3.63, 3.8) is 0 Å². The van der Waals surface area contributed by atoms with Gasteiger partial charge >= 0.3 is 6.61 Å². The average molecular weight is 349 g/mol. The van der Waals surface area contributed by atoms with E-state index in [1.165, 1.54) is 31.4 Å². The van der Waals surface area contributed by atoms with E-state index >= 15 is 0 Å². The second-order valence-electron chi connectivity index (χ2n) is 4.12. The van der Waals surface area contributed by atoms with Crippen LogP contribution in [0.1, 0.15) is 5.56 Å². The molecule has 0 aliphatic heterocycles. The minimum Gasteiger partial charge on any atom is -0.493 e. The van der Waals surface area contributed by atoms with Gasteiger partial charge in [-0.1, -0.05) is 12.1 Å². The van der Waals surface area contributed by atoms with E-state index in [-0.39, 0.29) is 22.3 Å². The molecule has 0 aliphatic rings. The molecule has 1 aromatic heterocycles. The maximum absolute atomic E-state index is 12.2. The summed E-state index contributed by atoms with van der Waals surface area (Å²) in [5, 5.41) is 1.66. The summed E-state index contributed by atoms with van der Waals surface area (Å²) in [7, 11) is -2.27. The molecule has 0 aliphatic carbocycles. The van der Waals surface area contributed by atoms with Crippen molar-refractivity contribution in [3.05, 3.63) is 41.3 Å². The van der Waals surface area contributed by atoms with Crippen LogP contribution in [0.25, 0.3) is 0 Å². The molecule has 2 rings (SSSR count). The van der Waals surface area contributed by atoms with Gasteiger partial charge in [-0.15, -0.1) is 11.3 Å². The normalized spacial score (nSPS) is 11.6. The predicted molar refractivity (Wildman–Crippen MR) is 78.0 cm³/mol. The minimum atomic E-state index is -3.59. The third-order valence-corrected chi connectivity index (χ3v) is 5.47. The van der Waals surface area contributed by atoms with Crippen LogP contribution < -0.4 is 14.2 Å². The lowest BCUT2D eigenvalue weighted by molar-refractivity contribution is -0.0512. The number of thiophene rings is 1. The molecule has 0 radical (unpaired) electrons. The molecule has 1 heterocycles. The molecule has 2 aromatic rings. The number of hydrogen-bond acceptors (Lipinski definition) is 5. The van der Waals surface area contributed by atoms with Crippen LogP contribution in [-0.2, 0) is 16.6 Å². The minimum absolute atomic E-state index is 0.00551. The van der Waals surface area contributed by atoms with Crippen LogP contribution in [0.4, 0.5) is 8.78 Å². The van der Waals surface area contributed by atoms with E-state index in [2.05, 4.69) is 9.46 Å². The van der Waals surface area contributed by atoms with Crippen molar-refractivity contribution in [2.24, 2.45) is 0 Å². The topological polar surface area (TPSA) is 64.6 Å². The molecule has 0 atom stereocenters. The van der Waals surface area contributed by atoms with Gasteiger partial charge in [0.15, 0.2) is 11.5 Å². The lowest BCUT2D eigenvalue weighted by Crippen LogP contribution is -2.22. The molecular formula is C13H13F2NO4S2. The van der Waals surface area contributed by atoms with Gasteiger partial charge in [-0.2, -0.15) is 8.78 Å². The highest BCUT2D eigenvalue weighted by atomic mass is 32.2. The molecule has 9 heteroatoms. The van der Waals surface area contributed by atoms with E-state index in [4.69, 9.17) is 4.74 Å². The van der Waals surface area contributed by atoms with Gasteiger partial charge in [0.05, 0.1) is 7.11 Å². The Bertz CT molecular complexity index is 718. The lowest BCUT2D eigenvalue weighted by atomic mass is 10.2. The molecule has 0 bridgehead atoms. The Balaban J connectivity index is 2.11. The average Bonchev–Trinajstić information content (AvgIpc) is 3.00. The first-order valence-corrected chi connectivity index (χ1v) is 8.43. The van der Waals surface area contributed by atoms with Gasteiger partial charge in [0, 0.05) is 6.54 Å². The van der Waals surface area contributed by atoms with E-state index in [1.807, 2.05) is 0 Å². The summed E-state index contributed by atoms with van der Waals surface area (Å²) >= 11 is 1.10. The fraction of sp³-hybridized carbons (Fsp3) is 0.231. The van der Waals surface area contributed by atoms with E-state index in [9.17, 15) is 17.2 Å². The highest BCUT2D eigenvalue weighted by Gasteiger charge is 2.16. The number of rotatable bonds is 7. The molecule has 0 saturated carbocycles.